The van der Waals surface area contributed by atoms with Crippen LogP contribution in [0.1, 0.15) is 64.2 Å². The first kappa shape index (κ1) is 23.4. The third kappa shape index (κ3) is 4.99. The van der Waals surface area contributed by atoms with Gasteiger partial charge in [0.2, 0.25) is 0 Å². The fourth-order valence-corrected chi connectivity index (χ4v) is 4.85. The molecule has 0 aliphatic carbocycles. The van der Waals surface area contributed by atoms with E-state index < -0.39 is 0 Å². The Kier molecular flexibility index (Phi) is 8.24. The maximum atomic E-state index is 12.8. The third-order valence-electron chi connectivity index (χ3n) is 4.90. The standard InChI is InChI=1S/C20H28N4O3S.ClH/c1-5-9-23-10-8-14-16(12-23)28-19(17(14)20(26)27-7-3)21-18(25)15-11-13(4)24(6-2)22-15;/h11H,5-10,12H2,1-4H3,(H,21,25);1H. The lowest BCUT2D eigenvalue weighted by molar-refractivity contribution is 0.0526. The molecule has 0 bridgehead atoms. The second-order valence-electron chi connectivity index (χ2n) is 6.90. The minimum absolute atomic E-state index is 0. The lowest BCUT2D eigenvalue weighted by Crippen LogP contribution is -2.30. The molecule has 9 heteroatoms. The van der Waals surface area contributed by atoms with E-state index in [-0.39, 0.29) is 24.3 Å². The van der Waals surface area contributed by atoms with E-state index in [0.717, 1.165) is 48.6 Å². The Hall–Kier alpha value is -1.90. The van der Waals surface area contributed by atoms with E-state index in [9.17, 15) is 9.59 Å². The van der Waals surface area contributed by atoms with Gasteiger partial charge in [0.1, 0.15) is 5.00 Å². The Morgan fingerprint density at radius 1 is 1.31 bits per heavy atom. The highest BCUT2D eigenvalue weighted by Crippen LogP contribution is 2.38. The van der Waals surface area contributed by atoms with Crippen molar-refractivity contribution in [2.75, 3.05) is 25.0 Å². The molecule has 160 valence electrons. The van der Waals surface area contributed by atoms with Crippen molar-refractivity contribution in [1.29, 1.82) is 0 Å². The molecule has 1 aliphatic rings. The van der Waals surface area contributed by atoms with Gasteiger partial charge >= 0.3 is 5.97 Å². The van der Waals surface area contributed by atoms with Crippen molar-refractivity contribution < 1.29 is 14.3 Å². The Morgan fingerprint density at radius 2 is 2.07 bits per heavy atom. The van der Waals surface area contributed by atoms with Crippen molar-refractivity contribution in [3.05, 3.63) is 33.5 Å². The summed E-state index contributed by atoms with van der Waals surface area (Å²) in [5, 5.41) is 7.82. The highest BCUT2D eigenvalue weighted by molar-refractivity contribution is 7.17. The first-order valence-corrected chi connectivity index (χ1v) is 10.7. The Bertz CT molecular complexity index is 877. The SMILES string of the molecule is CCCN1CCc2c(sc(NC(=O)c3cc(C)n(CC)n3)c2C(=O)OCC)C1.Cl. The number of aromatic nitrogens is 2. The van der Waals surface area contributed by atoms with Crippen LogP contribution in [0.4, 0.5) is 5.00 Å². The molecule has 1 N–H and O–H groups in total. The number of rotatable bonds is 7. The van der Waals surface area contributed by atoms with E-state index in [1.807, 2.05) is 13.8 Å². The van der Waals surface area contributed by atoms with Crippen molar-refractivity contribution in [1.82, 2.24) is 14.7 Å². The number of fused-ring (bicyclic) bond motifs is 1. The average Bonchev–Trinajstić information content (AvgIpc) is 3.21. The molecule has 0 radical (unpaired) electrons. The molecule has 3 heterocycles. The van der Waals surface area contributed by atoms with Gasteiger partial charge in [-0.05, 0) is 51.8 Å². The van der Waals surface area contributed by atoms with Crippen molar-refractivity contribution in [2.45, 2.75) is 53.6 Å². The van der Waals surface area contributed by atoms with Crippen molar-refractivity contribution in [3.8, 4) is 0 Å². The van der Waals surface area contributed by atoms with Gasteiger partial charge in [-0.2, -0.15) is 5.10 Å². The van der Waals surface area contributed by atoms with Gasteiger partial charge < -0.3 is 10.1 Å². The Labute approximate surface area is 181 Å². The summed E-state index contributed by atoms with van der Waals surface area (Å²) in [7, 11) is 0. The quantitative estimate of drug-likeness (QED) is 0.661. The average molecular weight is 441 g/mol. The fraction of sp³-hybridized carbons (Fsp3) is 0.550. The van der Waals surface area contributed by atoms with Crippen LogP contribution >= 0.6 is 23.7 Å². The number of nitrogens with one attached hydrogen (secondary N) is 1. The topological polar surface area (TPSA) is 76.5 Å². The molecule has 2 aromatic heterocycles. The highest BCUT2D eigenvalue weighted by atomic mass is 35.5. The van der Waals surface area contributed by atoms with Crippen LogP contribution in [0.25, 0.3) is 0 Å². The number of nitrogens with zero attached hydrogens (tertiary/aromatic N) is 3. The summed E-state index contributed by atoms with van der Waals surface area (Å²) in [5.41, 5.74) is 2.81. The lowest BCUT2D eigenvalue weighted by atomic mass is 10.0. The summed E-state index contributed by atoms with van der Waals surface area (Å²) >= 11 is 1.48. The third-order valence-corrected chi connectivity index (χ3v) is 6.03. The van der Waals surface area contributed by atoms with Crippen LogP contribution in [-0.2, 0) is 24.2 Å². The molecule has 3 rings (SSSR count). The number of thiophene rings is 1. The van der Waals surface area contributed by atoms with E-state index in [0.29, 0.717) is 29.4 Å². The molecule has 0 spiro atoms. The van der Waals surface area contributed by atoms with Crippen LogP contribution < -0.4 is 5.32 Å². The number of carbonyl (C=O) groups is 2. The molecule has 7 nitrogen and oxygen atoms in total. The first-order chi connectivity index (χ1) is 13.5. The minimum Gasteiger partial charge on any atom is -0.462 e. The van der Waals surface area contributed by atoms with Gasteiger partial charge in [-0.3, -0.25) is 14.4 Å². The number of ether oxygens (including phenoxy) is 1. The number of carbonyl (C=O) groups excluding carboxylic acids is 2. The molecule has 0 saturated carbocycles. The Balaban J connectivity index is 0.00000300. The molecular formula is C20H29ClN4O3S. The lowest BCUT2D eigenvalue weighted by Gasteiger charge is -2.26. The molecule has 1 aliphatic heterocycles. The van der Waals surface area contributed by atoms with Gasteiger partial charge in [-0.25, -0.2) is 4.79 Å². The van der Waals surface area contributed by atoms with Crippen LogP contribution in [0.3, 0.4) is 0 Å². The number of amides is 1. The second kappa shape index (κ2) is 10.2. The summed E-state index contributed by atoms with van der Waals surface area (Å²) in [6, 6.07) is 1.76. The van der Waals surface area contributed by atoms with Crippen LogP contribution in [-0.4, -0.2) is 46.3 Å². The van der Waals surface area contributed by atoms with Gasteiger partial charge in [0.25, 0.3) is 5.91 Å². The zero-order valence-corrected chi connectivity index (χ0v) is 19.0. The molecule has 0 fully saturated rings. The van der Waals surface area contributed by atoms with Crippen molar-refractivity contribution in [2.24, 2.45) is 0 Å². The zero-order valence-electron chi connectivity index (χ0n) is 17.4. The maximum Gasteiger partial charge on any atom is 0.341 e. The summed E-state index contributed by atoms with van der Waals surface area (Å²) in [4.78, 5) is 28.9. The van der Waals surface area contributed by atoms with Gasteiger partial charge in [-0.1, -0.05) is 6.92 Å². The molecular weight excluding hydrogens is 412 g/mol. The van der Waals surface area contributed by atoms with Crippen molar-refractivity contribution in [3.63, 3.8) is 0 Å². The predicted molar refractivity (Wildman–Crippen MR) is 117 cm³/mol. The summed E-state index contributed by atoms with van der Waals surface area (Å²) < 4.78 is 7.06. The molecule has 0 unspecified atom stereocenters. The maximum absolute atomic E-state index is 12.8. The predicted octanol–water partition coefficient (Wildman–Crippen LogP) is 3.89. The van der Waals surface area contributed by atoms with Crippen molar-refractivity contribution >= 4 is 40.6 Å². The van der Waals surface area contributed by atoms with Gasteiger partial charge in [-0.15, -0.1) is 23.7 Å². The van der Waals surface area contributed by atoms with Crippen LogP contribution in [0.2, 0.25) is 0 Å². The zero-order chi connectivity index (χ0) is 20.3. The van der Waals surface area contributed by atoms with E-state index in [4.69, 9.17) is 4.74 Å². The fourth-order valence-electron chi connectivity index (χ4n) is 3.58. The normalized spacial score (nSPS) is 13.5. The number of esters is 1. The smallest absolute Gasteiger partial charge is 0.341 e. The van der Waals surface area contributed by atoms with E-state index in [1.165, 1.54) is 11.3 Å². The number of anilines is 1. The molecule has 2 aromatic rings. The minimum atomic E-state index is -0.366. The number of hydrogen-bond donors (Lipinski definition) is 1. The first-order valence-electron chi connectivity index (χ1n) is 9.88. The van der Waals surface area contributed by atoms with E-state index in [1.54, 1.807) is 17.7 Å². The van der Waals surface area contributed by atoms with E-state index in [2.05, 4.69) is 22.2 Å². The van der Waals surface area contributed by atoms with Gasteiger partial charge in [0.15, 0.2) is 5.69 Å². The summed E-state index contributed by atoms with van der Waals surface area (Å²) in [5.74, 6) is -0.667. The monoisotopic (exact) mass is 440 g/mol. The Morgan fingerprint density at radius 3 is 2.69 bits per heavy atom. The molecule has 29 heavy (non-hydrogen) atoms. The molecule has 0 aromatic carbocycles. The molecule has 1 amide bonds. The van der Waals surface area contributed by atoms with Gasteiger partial charge in [0.05, 0.1) is 12.2 Å². The van der Waals surface area contributed by atoms with Crippen LogP contribution in [0.5, 0.6) is 0 Å². The number of aryl methyl sites for hydroxylation is 2. The number of hydrogen-bond acceptors (Lipinski definition) is 6. The second-order valence-corrected chi connectivity index (χ2v) is 8.00. The number of halogens is 1. The van der Waals surface area contributed by atoms with Crippen LogP contribution in [0.15, 0.2) is 6.07 Å². The molecule has 0 saturated heterocycles. The van der Waals surface area contributed by atoms with Crippen LogP contribution in [0, 0.1) is 6.92 Å². The highest BCUT2D eigenvalue weighted by Gasteiger charge is 2.29. The molecule has 0 atom stereocenters. The van der Waals surface area contributed by atoms with Gasteiger partial charge in [0, 0.05) is 30.2 Å². The van der Waals surface area contributed by atoms with E-state index >= 15 is 0 Å². The largest absolute Gasteiger partial charge is 0.462 e. The summed E-state index contributed by atoms with van der Waals surface area (Å²) in [6.07, 6.45) is 1.88. The summed E-state index contributed by atoms with van der Waals surface area (Å²) in [6.45, 7) is 11.6.